The summed E-state index contributed by atoms with van der Waals surface area (Å²) in [4.78, 5) is 21.2. The number of carbonyl (C=O) groups is 1. The van der Waals surface area contributed by atoms with Gasteiger partial charge >= 0.3 is 0 Å². The first-order valence-corrected chi connectivity index (χ1v) is 7.99. The largest absolute Gasteiger partial charge is 0.294 e. The predicted octanol–water partition coefficient (Wildman–Crippen LogP) is 3.41. The molecule has 0 spiro atoms. The Morgan fingerprint density at radius 1 is 1.10 bits per heavy atom. The molecule has 4 aliphatic rings. The molecule has 1 aromatic heterocycles. The van der Waals surface area contributed by atoms with E-state index in [9.17, 15) is 4.79 Å². The van der Waals surface area contributed by atoms with Crippen molar-refractivity contribution in [1.82, 2.24) is 9.97 Å². The summed E-state index contributed by atoms with van der Waals surface area (Å²) < 4.78 is 0. The van der Waals surface area contributed by atoms with Crippen molar-refractivity contribution >= 4 is 11.9 Å². The molecule has 4 saturated carbocycles. The van der Waals surface area contributed by atoms with E-state index in [1.54, 1.807) is 18.5 Å². The van der Waals surface area contributed by atoms with Crippen LogP contribution in [0, 0.1) is 22.2 Å². The van der Waals surface area contributed by atoms with Crippen molar-refractivity contribution in [3.8, 4) is 0 Å². The van der Waals surface area contributed by atoms with Crippen molar-refractivity contribution in [1.29, 1.82) is 0 Å². The van der Waals surface area contributed by atoms with Crippen LogP contribution in [0.15, 0.2) is 18.5 Å². The van der Waals surface area contributed by atoms with Crippen molar-refractivity contribution in [3.63, 3.8) is 0 Å². The van der Waals surface area contributed by atoms with Crippen molar-refractivity contribution < 1.29 is 4.79 Å². The van der Waals surface area contributed by atoms with Gasteiger partial charge in [-0.05, 0) is 61.3 Å². The number of hydrogen-bond donors (Lipinski definition) is 1. The number of rotatable bonds is 2. The number of nitrogens with one attached hydrogen (secondary N) is 1. The second kappa shape index (κ2) is 4.05. The molecule has 0 unspecified atom stereocenters. The van der Waals surface area contributed by atoms with Crippen LogP contribution in [0.25, 0.3) is 0 Å². The Morgan fingerprint density at radius 3 is 2.29 bits per heavy atom. The lowest BCUT2D eigenvalue weighted by atomic mass is 9.40. The van der Waals surface area contributed by atoms with Gasteiger partial charge < -0.3 is 0 Å². The molecular weight excluding hydrogens is 262 g/mol. The van der Waals surface area contributed by atoms with Crippen molar-refractivity contribution in [2.24, 2.45) is 22.2 Å². The van der Waals surface area contributed by atoms with Gasteiger partial charge in [0.05, 0.1) is 5.41 Å². The Bertz CT molecular complexity index is 567. The summed E-state index contributed by atoms with van der Waals surface area (Å²) in [6.07, 6.45) is 10.4. The molecule has 5 rings (SSSR count). The zero-order valence-electron chi connectivity index (χ0n) is 12.9. The summed E-state index contributed by atoms with van der Waals surface area (Å²) in [7, 11) is 0. The molecule has 4 fully saturated rings. The zero-order chi connectivity index (χ0) is 14.7. The summed E-state index contributed by atoms with van der Waals surface area (Å²) in [6.45, 7) is 4.77. The quantitative estimate of drug-likeness (QED) is 0.906. The molecule has 4 nitrogen and oxygen atoms in total. The average Bonchev–Trinajstić information content (AvgIpc) is 2.35. The molecular formula is C17H23N3O. The van der Waals surface area contributed by atoms with Crippen molar-refractivity contribution in [2.75, 3.05) is 5.32 Å². The first-order valence-electron chi connectivity index (χ1n) is 7.99. The van der Waals surface area contributed by atoms with Gasteiger partial charge in [-0.3, -0.25) is 10.1 Å². The van der Waals surface area contributed by atoms with Crippen LogP contribution in [0.5, 0.6) is 0 Å². The molecule has 21 heavy (non-hydrogen) atoms. The van der Waals surface area contributed by atoms with Crippen LogP contribution in [-0.4, -0.2) is 15.9 Å². The van der Waals surface area contributed by atoms with E-state index in [0.717, 1.165) is 25.2 Å². The molecule has 0 aliphatic heterocycles. The molecule has 1 heterocycles. The van der Waals surface area contributed by atoms with Gasteiger partial charge in [0.25, 0.3) is 0 Å². The molecule has 112 valence electrons. The SMILES string of the molecule is C[C@@]12CC3CC(C(=O)Nc4ncccn4)(C1)C[C@@](C)(C3)C2. The third-order valence-electron chi connectivity index (χ3n) is 5.90. The van der Waals surface area contributed by atoms with Gasteiger partial charge in [0.2, 0.25) is 11.9 Å². The van der Waals surface area contributed by atoms with Crippen LogP contribution in [0.3, 0.4) is 0 Å². The van der Waals surface area contributed by atoms with Crippen LogP contribution in [0.4, 0.5) is 5.95 Å². The fourth-order valence-electron chi connectivity index (χ4n) is 6.30. The van der Waals surface area contributed by atoms with Crippen LogP contribution in [0.1, 0.15) is 52.4 Å². The van der Waals surface area contributed by atoms with Gasteiger partial charge in [0, 0.05) is 12.4 Å². The van der Waals surface area contributed by atoms with Crippen LogP contribution >= 0.6 is 0 Å². The highest BCUT2D eigenvalue weighted by molar-refractivity contribution is 5.94. The fraction of sp³-hybridized carbons (Fsp3) is 0.706. The second-order valence-corrected chi connectivity index (χ2v) is 8.44. The van der Waals surface area contributed by atoms with Gasteiger partial charge in [-0.15, -0.1) is 0 Å². The molecule has 4 aliphatic carbocycles. The van der Waals surface area contributed by atoms with E-state index in [4.69, 9.17) is 0 Å². The molecule has 1 aromatic rings. The standard InChI is InChI=1S/C17H23N3O/c1-15-6-12-7-16(2,9-15)11-17(8-12,10-15)13(21)20-14-18-4-3-5-19-14/h3-5,12H,6-11H2,1-2H3,(H,18,19,20,21)/t12?,15-,16-,17?/m0/s1. The van der Waals surface area contributed by atoms with Gasteiger partial charge in [-0.2, -0.15) is 0 Å². The van der Waals surface area contributed by atoms with E-state index < -0.39 is 0 Å². The molecule has 4 heteroatoms. The number of anilines is 1. The summed E-state index contributed by atoms with van der Waals surface area (Å²) in [5.74, 6) is 1.31. The van der Waals surface area contributed by atoms with E-state index in [0.29, 0.717) is 16.8 Å². The molecule has 1 amide bonds. The van der Waals surface area contributed by atoms with Crippen molar-refractivity contribution in [3.05, 3.63) is 18.5 Å². The Labute approximate surface area is 125 Å². The lowest BCUT2D eigenvalue weighted by molar-refractivity contribution is -0.165. The minimum absolute atomic E-state index is 0.148. The Morgan fingerprint density at radius 2 is 1.71 bits per heavy atom. The lowest BCUT2D eigenvalue weighted by Crippen LogP contribution is -2.58. The summed E-state index contributed by atoms with van der Waals surface area (Å²) in [5, 5.41) is 2.97. The number of amides is 1. The van der Waals surface area contributed by atoms with Crippen LogP contribution < -0.4 is 5.32 Å². The van der Waals surface area contributed by atoms with E-state index in [1.807, 2.05) is 0 Å². The maximum atomic E-state index is 13.0. The molecule has 4 bridgehead atoms. The lowest BCUT2D eigenvalue weighted by Gasteiger charge is -2.64. The molecule has 2 atom stereocenters. The number of aromatic nitrogens is 2. The zero-order valence-corrected chi connectivity index (χ0v) is 12.9. The van der Waals surface area contributed by atoms with Crippen LogP contribution in [0.2, 0.25) is 0 Å². The minimum Gasteiger partial charge on any atom is -0.294 e. The van der Waals surface area contributed by atoms with Gasteiger partial charge in [-0.1, -0.05) is 13.8 Å². The summed E-state index contributed by atoms with van der Waals surface area (Å²) in [6, 6.07) is 1.77. The maximum Gasteiger partial charge on any atom is 0.232 e. The molecule has 1 N–H and O–H groups in total. The highest BCUT2D eigenvalue weighted by Crippen LogP contribution is 2.69. The third-order valence-corrected chi connectivity index (χ3v) is 5.90. The van der Waals surface area contributed by atoms with E-state index in [2.05, 4.69) is 29.1 Å². The highest BCUT2D eigenvalue weighted by Gasteiger charge is 2.62. The van der Waals surface area contributed by atoms with E-state index >= 15 is 0 Å². The van der Waals surface area contributed by atoms with E-state index in [1.165, 1.54) is 19.3 Å². The van der Waals surface area contributed by atoms with Gasteiger partial charge in [0.1, 0.15) is 0 Å². The first kappa shape index (κ1) is 13.2. The minimum atomic E-state index is -0.192. The van der Waals surface area contributed by atoms with Crippen molar-refractivity contribution in [2.45, 2.75) is 52.4 Å². The monoisotopic (exact) mass is 285 g/mol. The number of hydrogen-bond acceptors (Lipinski definition) is 3. The molecule has 0 saturated heterocycles. The predicted molar refractivity (Wildman–Crippen MR) is 80.5 cm³/mol. The van der Waals surface area contributed by atoms with Gasteiger partial charge in [0.15, 0.2) is 0 Å². The Hall–Kier alpha value is -1.45. The smallest absolute Gasteiger partial charge is 0.232 e. The first-order chi connectivity index (χ1) is 9.91. The van der Waals surface area contributed by atoms with Crippen LogP contribution in [-0.2, 0) is 4.79 Å². The number of carbonyl (C=O) groups excluding carboxylic acids is 1. The molecule has 0 aromatic carbocycles. The molecule has 0 radical (unpaired) electrons. The third kappa shape index (κ3) is 2.07. The second-order valence-electron chi connectivity index (χ2n) is 8.44. The fourth-order valence-corrected chi connectivity index (χ4v) is 6.30. The normalized spacial score (nSPS) is 43.8. The summed E-state index contributed by atoms with van der Waals surface area (Å²) in [5.41, 5.74) is 0.508. The average molecular weight is 285 g/mol. The Balaban J connectivity index is 1.63. The van der Waals surface area contributed by atoms with E-state index in [-0.39, 0.29) is 11.3 Å². The maximum absolute atomic E-state index is 13.0. The topological polar surface area (TPSA) is 54.9 Å². The Kier molecular flexibility index (Phi) is 2.55. The highest BCUT2D eigenvalue weighted by atomic mass is 16.2. The summed E-state index contributed by atoms with van der Waals surface area (Å²) >= 11 is 0. The van der Waals surface area contributed by atoms with Gasteiger partial charge in [-0.25, -0.2) is 9.97 Å². The number of nitrogens with zero attached hydrogens (tertiary/aromatic N) is 2.